The summed E-state index contributed by atoms with van der Waals surface area (Å²) in [6.07, 6.45) is 0. The Bertz CT molecular complexity index is 472. The van der Waals surface area contributed by atoms with Gasteiger partial charge in [0, 0.05) is 11.4 Å². The summed E-state index contributed by atoms with van der Waals surface area (Å²) in [6.45, 7) is 0. The molecule has 0 bridgehead atoms. The van der Waals surface area contributed by atoms with Gasteiger partial charge < -0.3 is 5.11 Å². The molecule has 1 aromatic rings. The number of carboxylic acid groups (broad SMARTS) is 1. The average Bonchev–Trinajstić information content (AvgIpc) is 2.26. The minimum Gasteiger partial charge on any atom is -0.478 e. The zero-order valence-electron chi connectivity index (χ0n) is 7.81. The molecule has 0 saturated heterocycles. The van der Waals surface area contributed by atoms with Gasteiger partial charge in [-0.05, 0) is 6.07 Å². The van der Waals surface area contributed by atoms with Crippen LogP contribution in [0.2, 0.25) is 0 Å². The molecule has 0 aliphatic heterocycles. The van der Waals surface area contributed by atoms with E-state index in [4.69, 9.17) is 10.4 Å². The fraction of sp³-hybridized carbons (Fsp3) is 0.111. The molecule has 0 aliphatic carbocycles. The van der Waals surface area contributed by atoms with Crippen molar-refractivity contribution in [3.63, 3.8) is 0 Å². The van der Waals surface area contributed by atoms with E-state index in [0.717, 1.165) is 12.1 Å². The maximum atomic E-state index is 10.9. The van der Waals surface area contributed by atoms with Crippen LogP contribution in [0.3, 0.4) is 0 Å². The summed E-state index contributed by atoms with van der Waals surface area (Å²) in [7, 11) is 0. The van der Waals surface area contributed by atoms with E-state index in [1.165, 1.54) is 0 Å². The Kier molecular flexibility index (Phi) is 3.58. The number of carboxylic acids is 1. The van der Waals surface area contributed by atoms with Gasteiger partial charge in [0.2, 0.25) is 0 Å². The van der Waals surface area contributed by atoms with Crippen molar-refractivity contribution in [2.24, 2.45) is 0 Å². The lowest BCUT2D eigenvalue weighted by Crippen LogP contribution is -2.05. The molecule has 0 unspecified atom stereocenters. The van der Waals surface area contributed by atoms with Crippen LogP contribution in [-0.4, -0.2) is 16.0 Å². The highest BCUT2D eigenvalue weighted by Gasteiger charge is 2.22. The molecule has 16 heavy (non-hydrogen) atoms. The van der Waals surface area contributed by atoms with Crippen molar-refractivity contribution >= 4 is 27.6 Å². The molecule has 0 amide bonds. The summed E-state index contributed by atoms with van der Waals surface area (Å²) in [5, 5.41) is 28.3. The minimum absolute atomic E-state index is 0.0383. The van der Waals surface area contributed by atoms with Crippen LogP contribution in [0.25, 0.3) is 0 Å². The van der Waals surface area contributed by atoms with Crippen molar-refractivity contribution in [1.82, 2.24) is 0 Å². The largest absolute Gasteiger partial charge is 0.478 e. The summed E-state index contributed by atoms with van der Waals surface area (Å²) < 4.78 is 0. The number of benzene rings is 1. The van der Waals surface area contributed by atoms with Gasteiger partial charge in [-0.1, -0.05) is 15.9 Å². The lowest BCUT2D eigenvalue weighted by atomic mass is 10.0. The SMILES string of the molecule is N#Cc1cc(C(=O)O)c(CBr)c([N+](=O)[O-])c1. The van der Waals surface area contributed by atoms with Crippen LogP contribution in [0.15, 0.2) is 12.1 Å². The van der Waals surface area contributed by atoms with E-state index in [1.807, 2.05) is 0 Å². The van der Waals surface area contributed by atoms with E-state index >= 15 is 0 Å². The third kappa shape index (κ3) is 2.17. The highest BCUT2D eigenvalue weighted by Crippen LogP contribution is 2.26. The fourth-order valence-electron chi connectivity index (χ4n) is 1.22. The van der Waals surface area contributed by atoms with Gasteiger partial charge in [0.05, 0.1) is 27.7 Å². The number of carbonyl (C=O) groups is 1. The number of hydrogen-bond acceptors (Lipinski definition) is 4. The normalized spacial score (nSPS) is 9.50. The van der Waals surface area contributed by atoms with Gasteiger partial charge in [0.15, 0.2) is 0 Å². The van der Waals surface area contributed by atoms with Crippen LogP contribution < -0.4 is 0 Å². The first-order chi connectivity index (χ1) is 7.51. The number of nitriles is 1. The molecule has 0 aliphatic rings. The Morgan fingerprint density at radius 2 is 2.25 bits per heavy atom. The van der Waals surface area contributed by atoms with Crippen LogP contribution in [-0.2, 0) is 5.33 Å². The zero-order chi connectivity index (χ0) is 12.3. The van der Waals surface area contributed by atoms with Gasteiger partial charge in [-0.3, -0.25) is 10.1 Å². The van der Waals surface area contributed by atoms with Crippen LogP contribution in [0, 0.1) is 21.4 Å². The molecular weight excluding hydrogens is 280 g/mol. The van der Waals surface area contributed by atoms with E-state index in [2.05, 4.69) is 15.9 Å². The van der Waals surface area contributed by atoms with Gasteiger partial charge in [-0.2, -0.15) is 5.26 Å². The molecule has 6 nitrogen and oxygen atoms in total. The van der Waals surface area contributed by atoms with Crippen LogP contribution >= 0.6 is 15.9 Å². The Morgan fingerprint density at radius 3 is 2.62 bits per heavy atom. The monoisotopic (exact) mass is 284 g/mol. The quantitative estimate of drug-likeness (QED) is 0.520. The third-order valence-electron chi connectivity index (χ3n) is 1.92. The molecule has 1 rings (SSSR count). The van der Waals surface area contributed by atoms with Crippen molar-refractivity contribution in [2.75, 3.05) is 0 Å². The Labute approximate surface area is 98.4 Å². The first kappa shape index (κ1) is 12.1. The Hall–Kier alpha value is -1.94. The van der Waals surface area contributed by atoms with Crippen LogP contribution in [0.5, 0.6) is 0 Å². The van der Waals surface area contributed by atoms with E-state index in [0.29, 0.717) is 0 Å². The molecule has 1 N–H and O–H groups in total. The standard InChI is InChI=1S/C9H5BrN2O4/c10-3-7-6(9(13)14)1-5(4-11)2-8(7)12(15)16/h1-2H,3H2,(H,13,14). The molecule has 0 spiro atoms. The number of rotatable bonds is 3. The predicted molar refractivity (Wildman–Crippen MR) is 57.4 cm³/mol. The summed E-state index contributed by atoms with van der Waals surface area (Å²) in [5.41, 5.74) is -0.596. The van der Waals surface area contributed by atoms with Crippen molar-refractivity contribution in [2.45, 2.75) is 5.33 Å². The zero-order valence-corrected chi connectivity index (χ0v) is 9.39. The number of aromatic carboxylic acids is 1. The second kappa shape index (κ2) is 4.72. The van der Waals surface area contributed by atoms with Crippen LogP contribution in [0.1, 0.15) is 21.5 Å². The second-order valence-electron chi connectivity index (χ2n) is 2.83. The average molecular weight is 285 g/mol. The van der Waals surface area contributed by atoms with E-state index in [1.54, 1.807) is 6.07 Å². The van der Waals surface area contributed by atoms with E-state index in [9.17, 15) is 14.9 Å². The van der Waals surface area contributed by atoms with Crippen molar-refractivity contribution in [3.05, 3.63) is 38.9 Å². The molecule has 0 aromatic heterocycles. The summed E-state index contributed by atoms with van der Waals surface area (Å²) in [5.74, 6) is -1.30. The summed E-state index contributed by atoms with van der Waals surface area (Å²) >= 11 is 2.99. The molecule has 1 aromatic carbocycles. The number of alkyl halides is 1. The number of hydrogen-bond donors (Lipinski definition) is 1. The lowest BCUT2D eigenvalue weighted by Gasteiger charge is -2.04. The highest BCUT2D eigenvalue weighted by atomic mass is 79.9. The highest BCUT2D eigenvalue weighted by molar-refractivity contribution is 9.08. The summed E-state index contributed by atoms with van der Waals surface area (Å²) in [6, 6.07) is 3.86. The maximum absolute atomic E-state index is 10.9. The molecule has 0 heterocycles. The summed E-state index contributed by atoms with van der Waals surface area (Å²) in [4.78, 5) is 20.9. The number of nitro benzene ring substituents is 1. The number of halogens is 1. The molecule has 7 heteroatoms. The topological polar surface area (TPSA) is 104 Å². The first-order valence-electron chi connectivity index (χ1n) is 4.02. The second-order valence-corrected chi connectivity index (χ2v) is 3.39. The number of nitro groups is 1. The minimum atomic E-state index is -1.30. The molecule has 0 saturated carbocycles. The smallest absolute Gasteiger partial charge is 0.336 e. The van der Waals surface area contributed by atoms with E-state index < -0.39 is 10.9 Å². The van der Waals surface area contributed by atoms with Gasteiger partial charge in [-0.25, -0.2) is 4.79 Å². The van der Waals surface area contributed by atoms with E-state index in [-0.39, 0.29) is 27.7 Å². The van der Waals surface area contributed by atoms with Crippen molar-refractivity contribution in [3.8, 4) is 6.07 Å². The third-order valence-corrected chi connectivity index (χ3v) is 2.48. The molecule has 82 valence electrons. The van der Waals surface area contributed by atoms with Gasteiger partial charge >= 0.3 is 5.97 Å². The molecule has 0 fully saturated rings. The first-order valence-corrected chi connectivity index (χ1v) is 5.14. The molecular formula is C9H5BrN2O4. The molecule has 0 radical (unpaired) electrons. The Morgan fingerprint density at radius 1 is 1.62 bits per heavy atom. The van der Waals surface area contributed by atoms with Gasteiger partial charge in [0.1, 0.15) is 0 Å². The number of nitrogens with zero attached hydrogens (tertiary/aromatic N) is 2. The predicted octanol–water partition coefficient (Wildman–Crippen LogP) is 2.06. The Balaban J connectivity index is 3.61. The van der Waals surface area contributed by atoms with Gasteiger partial charge in [-0.15, -0.1) is 0 Å². The van der Waals surface area contributed by atoms with Gasteiger partial charge in [0.25, 0.3) is 5.69 Å². The fourth-order valence-corrected chi connectivity index (χ4v) is 1.80. The van der Waals surface area contributed by atoms with Crippen LogP contribution in [0.4, 0.5) is 5.69 Å². The maximum Gasteiger partial charge on any atom is 0.336 e. The molecule has 0 atom stereocenters. The van der Waals surface area contributed by atoms with Crippen molar-refractivity contribution < 1.29 is 14.8 Å². The van der Waals surface area contributed by atoms with Crippen molar-refractivity contribution in [1.29, 1.82) is 5.26 Å². The lowest BCUT2D eigenvalue weighted by molar-refractivity contribution is -0.385.